The van der Waals surface area contributed by atoms with E-state index in [1.807, 2.05) is 0 Å². The third kappa shape index (κ3) is 5.73. The van der Waals surface area contributed by atoms with Crippen LogP contribution < -0.4 is 10.0 Å². The van der Waals surface area contributed by atoms with Crippen LogP contribution in [-0.2, 0) is 38.8 Å². The summed E-state index contributed by atoms with van der Waals surface area (Å²) in [5.74, 6) is -1.03. The Hall–Kier alpha value is -1.03. The number of nitrogens with one attached hydrogen (secondary N) is 2. The van der Waals surface area contributed by atoms with Crippen molar-refractivity contribution in [1.82, 2.24) is 15.0 Å². The van der Waals surface area contributed by atoms with Crippen molar-refractivity contribution in [1.29, 1.82) is 0 Å². The maximum Gasteiger partial charge on any atom is 0.236 e. The van der Waals surface area contributed by atoms with Crippen molar-refractivity contribution in [3.8, 4) is 0 Å². The molecule has 9 heteroatoms. The van der Waals surface area contributed by atoms with Crippen LogP contribution in [-0.4, -0.2) is 50.9 Å². The zero-order valence-corrected chi connectivity index (χ0v) is 15.9. The number of aromatic nitrogens is 1. The van der Waals surface area contributed by atoms with E-state index in [0.717, 1.165) is 30.7 Å². The van der Waals surface area contributed by atoms with Crippen molar-refractivity contribution in [2.24, 2.45) is 0 Å². The summed E-state index contributed by atoms with van der Waals surface area (Å²) in [6.07, 6.45) is 6.95. The van der Waals surface area contributed by atoms with Crippen molar-refractivity contribution in [3.05, 3.63) is 15.6 Å². The average molecular weight is 388 g/mol. The minimum atomic E-state index is -3.62. The fourth-order valence-corrected chi connectivity index (χ4v) is 5.27. The number of thiazole rings is 1. The normalized spacial score (nSPS) is 20.4. The molecule has 1 fully saturated rings. The molecule has 1 atom stereocenters. The highest BCUT2D eigenvalue weighted by atomic mass is 32.2. The topological polar surface area (TPSA) is 97.4 Å². The first-order valence-electron chi connectivity index (χ1n) is 8.85. The summed E-state index contributed by atoms with van der Waals surface area (Å²) in [4.78, 5) is 17.8. The minimum Gasteiger partial charge on any atom is -0.377 e. The van der Waals surface area contributed by atoms with Crippen LogP contribution >= 0.6 is 11.3 Å². The van der Waals surface area contributed by atoms with Crippen LogP contribution in [0.3, 0.4) is 0 Å². The summed E-state index contributed by atoms with van der Waals surface area (Å²) in [7, 11) is -3.62. The first-order chi connectivity index (χ1) is 12.0. The van der Waals surface area contributed by atoms with Gasteiger partial charge in [0.15, 0.2) is 0 Å². The second-order valence-corrected chi connectivity index (χ2v) is 9.50. The van der Waals surface area contributed by atoms with Gasteiger partial charge in [0.05, 0.1) is 16.8 Å². The SMILES string of the molecule is O=C(CS(=O)(=O)NC[C@@H]1CCCO1)NCCc1nc2c(s1)CCCC2. The molecule has 1 amide bonds. The van der Waals surface area contributed by atoms with E-state index in [9.17, 15) is 13.2 Å². The summed E-state index contributed by atoms with van der Waals surface area (Å²) in [5.41, 5.74) is 1.21. The molecule has 2 aliphatic rings. The summed E-state index contributed by atoms with van der Waals surface area (Å²) in [6.45, 7) is 1.32. The fraction of sp³-hybridized carbons (Fsp3) is 0.750. The Morgan fingerprint density at radius 3 is 2.88 bits per heavy atom. The molecular formula is C16H25N3O4S2. The van der Waals surface area contributed by atoms with Crippen LogP contribution in [0.1, 0.15) is 41.3 Å². The lowest BCUT2D eigenvalue weighted by Gasteiger charge is -2.11. The molecule has 1 aliphatic carbocycles. The van der Waals surface area contributed by atoms with Crippen molar-refractivity contribution >= 4 is 27.3 Å². The van der Waals surface area contributed by atoms with Crippen molar-refractivity contribution in [3.63, 3.8) is 0 Å². The second-order valence-electron chi connectivity index (χ2n) is 6.53. The van der Waals surface area contributed by atoms with Gasteiger partial charge in [0.2, 0.25) is 15.9 Å². The standard InChI is InChI=1S/C16H25N3O4S2/c20-15(11-25(21,22)18-10-12-4-3-9-23-12)17-8-7-16-19-13-5-1-2-6-14(13)24-16/h12,18H,1-11H2,(H,17,20)/t12-/m0/s1. The zero-order chi connectivity index (χ0) is 17.7. The molecule has 2 N–H and O–H groups in total. The number of nitrogens with zero attached hydrogens (tertiary/aromatic N) is 1. The smallest absolute Gasteiger partial charge is 0.236 e. The molecule has 140 valence electrons. The molecule has 1 saturated heterocycles. The molecule has 1 aromatic rings. The van der Waals surface area contributed by atoms with E-state index >= 15 is 0 Å². The van der Waals surface area contributed by atoms with Gasteiger partial charge >= 0.3 is 0 Å². The molecule has 0 spiro atoms. The van der Waals surface area contributed by atoms with Gasteiger partial charge in [-0.15, -0.1) is 11.3 Å². The number of hydrogen-bond donors (Lipinski definition) is 2. The van der Waals surface area contributed by atoms with Gasteiger partial charge in [-0.2, -0.15) is 0 Å². The first kappa shape index (κ1) is 18.8. The van der Waals surface area contributed by atoms with Gasteiger partial charge in [-0.25, -0.2) is 18.1 Å². The van der Waals surface area contributed by atoms with Gasteiger partial charge < -0.3 is 10.1 Å². The lowest BCUT2D eigenvalue weighted by molar-refractivity contribution is -0.118. The lowest BCUT2D eigenvalue weighted by atomic mass is 10.0. The van der Waals surface area contributed by atoms with E-state index < -0.39 is 21.7 Å². The van der Waals surface area contributed by atoms with Gasteiger partial charge in [0.1, 0.15) is 5.75 Å². The average Bonchev–Trinajstić information content (AvgIpc) is 3.21. The van der Waals surface area contributed by atoms with Crippen LogP contribution in [0, 0.1) is 0 Å². The Kier molecular flexibility index (Phi) is 6.43. The summed E-state index contributed by atoms with van der Waals surface area (Å²) >= 11 is 1.72. The Labute approximate surface area is 152 Å². The number of fused-ring (bicyclic) bond motifs is 1. The monoisotopic (exact) mass is 387 g/mol. The largest absolute Gasteiger partial charge is 0.377 e. The number of sulfonamides is 1. The van der Waals surface area contributed by atoms with Gasteiger partial charge in [-0.05, 0) is 38.5 Å². The highest BCUT2D eigenvalue weighted by Crippen LogP contribution is 2.26. The van der Waals surface area contributed by atoms with Crippen LogP contribution in [0.4, 0.5) is 0 Å². The predicted molar refractivity (Wildman–Crippen MR) is 96.2 cm³/mol. The number of amides is 1. The quantitative estimate of drug-likeness (QED) is 0.687. The maximum atomic E-state index is 11.9. The lowest BCUT2D eigenvalue weighted by Crippen LogP contribution is -2.39. The molecule has 2 heterocycles. The molecule has 1 aromatic heterocycles. The van der Waals surface area contributed by atoms with Gasteiger partial charge in [-0.1, -0.05) is 0 Å². The highest BCUT2D eigenvalue weighted by Gasteiger charge is 2.21. The minimum absolute atomic E-state index is 0.0752. The van der Waals surface area contributed by atoms with E-state index in [1.54, 1.807) is 11.3 Å². The van der Waals surface area contributed by atoms with Gasteiger partial charge in [0, 0.05) is 31.0 Å². The number of aryl methyl sites for hydroxylation is 2. The molecule has 25 heavy (non-hydrogen) atoms. The number of ether oxygens (including phenoxy) is 1. The Bertz CT molecular complexity index is 673. The molecule has 1 aliphatic heterocycles. The molecule has 0 radical (unpaired) electrons. The first-order valence-corrected chi connectivity index (χ1v) is 11.3. The van der Waals surface area contributed by atoms with E-state index in [2.05, 4.69) is 15.0 Å². The highest BCUT2D eigenvalue weighted by molar-refractivity contribution is 7.90. The Morgan fingerprint density at radius 2 is 2.12 bits per heavy atom. The van der Waals surface area contributed by atoms with E-state index in [1.165, 1.54) is 23.4 Å². The van der Waals surface area contributed by atoms with Crippen LogP contribution in [0.5, 0.6) is 0 Å². The maximum absolute atomic E-state index is 11.9. The summed E-state index contributed by atoms with van der Waals surface area (Å²) in [6, 6.07) is 0. The second kappa shape index (κ2) is 8.57. The van der Waals surface area contributed by atoms with Crippen LogP contribution in [0.2, 0.25) is 0 Å². The molecular weight excluding hydrogens is 362 g/mol. The van der Waals surface area contributed by atoms with E-state index in [0.29, 0.717) is 19.6 Å². The van der Waals surface area contributed by atoms with Crippen molar-refractivity contribution < 1.29 is 17.9 Å². The third-order valence-corrected chi connectivity index (χ3v) is 6.89. The van der Waals surface area contributed by atoms with Crippen molar-refractivity contribution in [2.45, 2.75) is 51.0 Å². The van der Waals surface area contributed by atoms with Crippen molar-refractivity contribution in [2.75, 3.05) is 25.4 Å². The molecule has 0 aromatic carbocycles. The Morgan fingerprint density at radius 1 is 1.28 bits per heavy atom. The summed E-state index contributed by atoms with van der Waals surface area (Å²) < 4.78 is 31.7. The van der Waals surface area contributed by atoms with E-state index in [-0.39, 0.29) is 12.6 Å². The number of carbonyl (C=O) groups excluding carboxylic acids is 1. The number of rotatable bonds is 8. The molecule has 0 bridgehead atoms. The van der Waals surface area contributed by atoms with Crippen LogP contribution in [0.25, 0.3) is 0 Å². The summed E-state index contributed by atoms with van der Waals surface area (Å²) in [5, 5.41) is 3.69. The number of hydrogen-bond acceptors (Lipinski definition) is 6. The molecule has 0 saturated carbocycles. The third-order valence-electron chi connectivity index (χ3n) is 4.43. The molecule has 3 rings (SSSR count). The molecule has 0 unspecified atom stereocenters. The van der Waals surface area contributed by atoms with E-state index in [4.69, 9.17) is 4.74 Å². The zero-order valence-electron chi connectivity index (χ0n) is 14.3. The van der Waals surface area contributed by atoms with Crippen LogP contribution in [0.15, 0.2) is 0 Å². The van der Waals surface area contributed by atoms with Gasteiger partial charge in [0.25, 0.3) is 0 Å². The predicted octanol–water partition coefficient (Wildman–Crippen LogP) is 0.779. The number of carbonyl (C=O) groups is 1. The fourth-order valence-electron chi connectivity index (χ4n) is 3.12. The Balaban J connectivity index is 1.37. The molecule has 7 nitrogen and oxygen atoms in total. The van der Waals surface area contributed by atoms with Gasteiger partial charge in [-0.3, -0.25) is 4.79 Å².